The molecule has 6 heteroatoms. The van der Waals surface area contributed by atoms with Gasteiger partial charge in [-0.1, -0.05) is 276 Å². The summed E-state index contributed by atoms with van der Waals surface area (Å²) in [5, 5.41) is 0. The third-order valence-electron chi connectivity index (χ3n) is 13.4. The Morgan fingerprint density at radius 1 is 0.269 bits per heavy atom. The number of allylic oxidation sites excluding steroid dienone is 22. The second-order valence-corrected chi connectivity index (χ2v) is 20.9. The fourth-order valence-electron chi connectivity index (χ4n) is 8.58. The molecule has 0 N–H and O–H groups in total. The molecule has 0 aromatic heterocycles. The minimum atomic E-state index is -0.802. The van der Waals surface area contributed by atoms with Crippen LogP contribution in [0.1, 0.15) is 284 Å². The van der Waals surface area contributed by atoms with E-state index >= 15 is 0 Å². The lowest BCUT2D eigenvalue weighted by molar-refractivity contribution is -0.167. The third-order valence-corrected chi connectivity index (χ3v) is 13.4. The summed E-state index contributed by atoms with van der Waals surface area (Å²) in [5.41, 5.74) is 0. The van der Waals surface area contributed by atoms with Crippen LogP contribution in [0, 0.1) is 0 Å². The maximum absolute atomic E-state index is 12.9. The molecule has 0 fully saturated rings. The van der Waals surface area contributed by atoms with Gasteiger partial charge in [0.2, 0.25) is 0 Å². The maximum atomic E-state index is 12.9. The Morgan fingerprint density at radius 3 is 0.821 bits per heavy atom. The average Bonchev–Trinajstić information content (AvgIpc) is 3.44. The number of ether oxygens (including phenoxy) is 3. The van der Waals surface area contributed by atoms with Crippen molar-refractivity contribution in [3.63, 3.8) is 0 Å². The molecule has 0 bridgehead atoms. The van der Waals surface area contributed by atoms with Gasteiger partial charge in [-0.15, -0.1) is 0 Å². The highest BCUT2D eigenvalue weighted by Gasteiger charge is 2.19. The van der Waals surface area contributed by atoms with Gasteiger partial charge in [0.25, 0.3) is 0 Å². The van der Waals surface area contributed by atoms with Crippen LogP contribution in [0.25, 0.3) is 0 Å². The molecular weight excluding hydrogens is 961 g/mol. The Kier molecular flexibility index (Phi) is 61.4. The predicted octanol–water partition coefficient (Wildman–Crippen LogP) is 22.2. The van der Waals surface area contributed by atoms with Crippen molar-refractivity contribution in [2.24, 2.45) is 0 Å². The van der Waals surface area contributed by atoms with Crippen LogP contribution in [0.3, 0.4) is 0 Å². The van der Waals surface area contributed by atoms with E-state index in [2.05, 4.69) is 154 Å². The molecule has 0 aliphatic rings. The number of carbonyl (C=O) groups excluding carboxylic acids is 3. The largest absolute Gasteiger partial charge is 0.462 e. The van der Waals surface area contributed by atoms with E-state index in [1.54, 1.807) is 0 Å². The molecule has 1 unspecified atom stereocenters. The van der Waals surface area contributed by atoms with Gasteiger partial charge in [-0.3, -0.25) is 14.4 Å². The van der Waals surface area contributed by atoms with Crippen molar-refractivity contribution in [3.05, 3.63) is 134 Å². The molecule has 442 valence electrons. The lowest BCUT2D eigenvalue weighted by atomic mass is 10.1. The van der Waals surface area contributed by atoms with E-state index < -0.39 is 6.10 Å². The van der Waals surface area contributed by atoms with Crippen LogP contribution in [-0.4, -0.2) is 37.2 Å². The fraction of sp³-hybridized carbons (Fsp3) is 0.653. The highest BCUT2D eigenvalue weighted by Crippen LogP contribution is 2.15. The zero-order chi connectivity index (χ0) is 56.4. The number of carbonyl (C=O) groups is 3. The zero-order valence-corrected chi connectivity index (χ0v) is 50.6. The molecule has 0 saturated carbocycles. The van der Waals surface area contributed by atoms with Gasteiger partial charge in [-0.25, -0.2) is 0 Å². The van der Waals surface area contributed by atoms with Crippen LogP contribution in [-0.2, 0) is 28.6 Å². The molecule has 6 nitrogen and oxygen atoms in total. The van der Waals surface area contributed by atoms with Gasteiger partial charge in [-0.2, -0.15) is 0 Å². The Balaban J connectivity index is 4.35. The number of unbranched alkanes of at least 4 members (excludes halogenated alkanes) is 24. The summed E-state index contributed by atoms with van der Waals surface area (Å²) in [6.45, 7) is 6.48. The average molecular weight is 1080 g/mol. The number of rotatable bonds is 57. The first kappa shape index (κ1) is 73.5. The first-order valence-electron chi connectivity index (χ1n) is 32.2. The molecule has 1 atom stereocenters. The summed E-state index contributed by atoms with van der Waals surface area (Å²) in [4.78, 5) is 38.2. The van der Waals surface area contributed by atoms with Crippen LogP contribution in [0.15, 0.2) is 134 Å². The lowest BCUT2D eigenvalue weighted by Gasteiger charge is -2.18. The van der Waals surface area contributed by atoms with Crippen molar-refractivity contribution in [1.29, 1.82) is 0 Å². The fourth-order valence-corrected chi connectivity index (χ4v) is 8.58. The maximum Gasteiger partial charge on any atom is 0.306 e. The van der Waals surface area contributed by atoms with Gasteiger partial charge in [0.1, 0.15) is 13.2 Å². The molecule has 0 rings (SSSR count). The van der Waals surface area contributed by atoms with Crippen molar-refractivity contribution in [3.8, 4) is 0 Å². The minimum absolute atomic E-state index is 0.0957. The summed E-state index contributed by atoms with van der Waals surface area (Å²) in [7, 11) is 0. The molecule has 0 radical (unpaired) electrons. The van der Waals surface area contributed by atoms with Crippen molar-refractivity contribution >= 4 is 17.9 Å². The minimum Gasteiger partial charge on any atom is -0.462 e. The number of hydrogen-bond acceptors (Lipinski definition) is 6. The van der Waals surface area contributed by atoms with E-state index in [9.17, 15) is 14.4 Å². The summed E-state index contributed by atoms with van der Waals surface area (Å²) >= 11 is 0. The summed E-state index contributed by atoms with van der Waals surface area (Å²) in [5.74, 6) is -0.949. The summed E-state index contributed by atoms with van der Waals surface area (Å²) in [6, 6.07) is 0. The summed E-state index contributed by atoms with van der Waals surface area (Å²) in [6.07, 6.45) is 91.8. The Hall–Kier alpha value is -4.45. The Morgan fingerprint density at radius 2 is 0.500 bits per heavy atom. The van der Waals surface area contributed by atoms with Gasteiger partial charge < -0.3 is 14.2 Å². The highest BCUT2D eigenvalue weighted by molar-refractivity contribution is 5.71. The van der Waals surface area contributed by atoms with Crippen LogP contribution >= 0.6 is 0 Å². The highest BCUT2D eigenvalue weighted by atomic mass is 16.6. The standard InChI is InChI=1S/C72H118O6/c1-4-7-10-13-16-19-22-24-26-28-29-30-31-32-33-34-35-36-37-38-39-40-41-42-43-44-46-47-50-53-56-59-62-65-71(74)77-68-69(67-76-70(73)64-61-58-55-52-49-21-18-15-12-9-6-3)78-72(75)66-63-60-57-54-51-48-45-27-25-23-20-17-14-11-8-5-2/h7,10,16,19,24,26-27,29-30,32-33,35-36,38-39,41-42,44-46,50,53,69H,4-6,8-9,11-15,17-18,20-23,25,28,31,34,37,40,43,47-49,51-52,54-68H2,1-3H3/b10-7-,19-16-,26-24-,30-29-,33-32-,36-35-,39-38-,42-41-,45-27-,46-44-,53-50-. The Labute approximate surface area is 481 Å². The van der Waals surface area contributed by atoms with Gasteiger partial charge in [0, 0.05) is 19.3 Å². The first-order chi connectivity index (χ1) is 38.5. The molecule has 0 aromatic carbocycles. The van der Waals surface area contributed by atoms with E-state index in [-0.39, 0.29) is 31.1 Å². The molecule has 0 aliphatic carbocycles. The topological polar surface area (TPSA) is 78.9 Å². The number of hydrogen-bond donors (Lipinski definition) is 0. The van der Waals surface area contributed by atoms with E-state index in [0.29, 0.717) is 25.7 Å². The molecule has 78 heavy (non-hydrogen) atoms. The molecule has 0 heterocycles. The van der Waals surface area contributed by atoms with Crippen LogP contribution in [0.4, 0.5) is 0 Å². The second-order valence-electron chi connectivity index (χ2n) is 20.9. The van der Waals surface area contributed by atoms with Crippen LogP contribution in [0.5, 0.6) is 0 Å². The quantitative estimate of drug-likeness (QED) is 0.0261. The SMILES string of the molecule is CC/C=C\C/C=C\C/C=C\C/C=C\C/C=C\C/C=C\C/C=C\C/C=C\C/C=C\C/C=C\CCCCC(=O)OCC(COC(=O)CCCCCCCCCCCCC)OC(=O)CCCCCCC/C=C\CCCCCCCCC. The molecule has 0 aromatic rings. The molecule has 0 amide bonds. The molecular formula is C72H118O6. The zero-order valence-electron chi connectivity index (χ0n) is 50.6. The molecule has 0 saturated heterocycles. The second kappa shape index (κ2) is 65.1. The van der Waals surface area contributed by atoms with Crippen LogP contribution in [0.2, 0.25) is 0 Å². The van der Waals surface area contributed by atoms with Gasteiger partial charge in [0.15, 0.2) is 6.10 Å². The molecule has 0 spiro atoms. The first-order valence-corrected chi connectivity index (χ1v) is 32.2. The summed E-state index contributed by atoms with van der Waals surface area (Å²) < 4.78 is 16.8. The van der Waals surface area contributed by atoms with Crippen molar-refractivity contribution in [1.82, 2.24) is 0 Å². The van der Waals surface area contributed by atoms with Crippen molar-refractivity contribution in [2.75, 3.05) is 13.2 Å². The Bertz CT molecular complexity index is 1670. The van der Waals surface area contributed by atoms with Gasteiger partial charge >= 0.3 is 17.9 Å². The van der Waals surface area contributed by atoms with Crippen molar-refractivity contribution in [2.45, 2.75) is 290 Å². The molecule has 0 aliphatic heterocycles. The smallest absolute Gasteiger partial charge is 0.306 e. The van der Waals surface area contributed by atoms with E-state index in [0.717, 1.165) is 128 Å². The number of esters is 3. The monoisotopic (exact) mass is 1080 g/mol. The van der Waals surface area contributed by atoms with Crippen LogP contribution < -0.4 is 0 Å². The van der Waals surface area contributed by atoms with Gasteiger partial charge in [-0.05, 0) is 122 Å². The van der Waals surface area contributed by atoms with E-state index in [4.69, 9.17) is 14.2 Å². The van der Waals surface area contributed by atoms with Gasteiger partial charge in [0.05, 0.1) is 0 Å². The van der Waals surface area contributed by atoms with Crippen molar-refractivity contribution < 1.29 is 28.6 Å². The predicted molar refractivity (Wildman–Crippen MR) is 339 cm³/mol. The van der Waals surface area contributed by atoms with E-state index in [1.165, 1.54) is 109 Å². The van der Waals surface area contributed by atoms with E-state index in [1.807, 2.05) is 0 Å². The third kappa shape index (κ3) is 62.4. The lowest BCUT2D eigenvalue weighted by Crippen LogP contribution is -2.30. The normalized spacial score (nSPS) is 13.0.